The van der Waals surface area contributed by atoms with Crippen molar-refractivity contribution in [1.29, 1.82) is 0 Å². The molecule has 0 spiro atoms. The van der Waals surface area contributed by atoms with E-state index in [1.54, 1.807) is 30.5 Å². The van der Waals surface area contributed by atoms with E-state index in [-0.39, 0.29) is 24.1 Å². The van der Waals surface area contributed by atoms with Gasteiger partial charge in [-0.3, -0.25) is 9.59 Å². The number of anilines is 1. The maximum absolute atomic E-state index is 12.3. The Kier molecular flexibility index (Phi) is 7.09. The van der Waals surface area contributed by atoms with Crippen LogP contribution in [0.25, 0.3) is 0 Å². The third kappa shape index (κ3) is 5.93. The van der Waals surface area contributed by atoms with Crippen molar-refractivity contribution in [3.05, 3.63) is 76.6 Å². The van der Waals surface area contributed by atoms with E-state index < -0.39 is 0 Å². The van der Waals surface area contributed by atoms with Crippen LogP contribution in [0, 0.1) is 0 Å². The topological polar surface area (TPSA) is 84.2 Å². The summed E-state index contributed by atoms with van der Waals surface area (Å²) in [6.45, 7) is 1.88. The quantitative estimate of drug-likeness (QED) is 0.417. The number of amides is 1. The molecule has 0 fully saturated rings. The van der Waals surface area contributed by atoms with Gasteiger partial charge in [-0.05, 0) is 48.9 Å². The van der Waals surface area contributed by atoms with Gasteiger partial charge in [0.25, 0.3) is 0 Å². The lowest BCUT2D eigenvalue weighted by atomic mass is 10.1. The van der Waals surface area contributed by atoms with Crippen LogP contribution in [0.2, 0.25) is 5.02 Å². The highest BCUT2D eigenvalue weighted by Gasteiger charge is 2.12. The van der Waals surface area contributed by atoms with E-state index in [2.05, 4.69) is 10.3 Å². The molecule has 0 radical (unpaired) electrons. The van der Waals surface area contributed by atoms with Gasteiger partial charge in [-0.1, -0.05) is 35.5 Å². The summed E-state index contributed by atoms with van der Waals surface area (Å²) in [4.78, 5) is 28.0. The summed E-state index contributed by atoms with van der Waals surface area (Å²) in [5.74, 6) is -0.0421. The Morgan fingerprint density at radius 1 is 1.14 bits per heavy atom. The van der Waals surface area contributed by atoms with Crippen molar-refractivity contribution in [2.45, 2.75) is 25.2 Å². The lowest BCUT2D eigenvalue weighted by Gasteiger charge is -2.08. The summed E-state index contributed by atoms with van der Waals surface area (Å²) in [5.41, 5.74) is 2.80. The van der Waals surface area contributed by atoms with Crippen molar-refractivity contribution in [1.82, 2.24) is 9.55 Å². The Labute approximate surface area is 177 Å². The molecular weight excluding hydrogens is 410 g/mol. The highest BCUT2D eigenvalue weighted by molar-refractivity contribution is 7.99. The Balaban J connectivity index is 1.63. The van der Waals surface area contributed by atoms with Crippen LogP contribution in [0.4, 0.5) is 5.69 Å². The lowest BCUT2D eigenvalue weighted by molar-refractivity contribution is -0.113. The number of aliphatic hydroxyl groups excluding tert-OH is 1. The number of carbonyl (C=O) groups is 2. The van der Waals surface area contributed by atoms with E-state index in [0.29, 0.717) is 33.7 Å². The van der Waals surface area contributed by atoms with Crippen molar-refractivity contribution in [2.24, 2.45) is 0 Å². The minimum Gasteiger partial charge on any atom is -0.390 e. The molecule has 6 nitrogen and oxygen atoms in total. The maximum Gasteiger partial charge on any atom is 0.234 e. The maximum atomic E-state index is 12.3. The second-order valence-corrected chi connectivity index (χ2v) is 7.78. The molecule has 150 valence electrons. The Hall–Kier alpha value is -2.61. The molecule has 0 atom stereocenters. The molecule has 0 saturated carbocycles. The molecule has 0 aliphatic heterocycles. The van der Waals surface area contributed by atoms with Gasteiger partial charge in [-0.2, -0.15) is 0 Å². The number of Topliss-reactive ketones (excluding diaryl/α,β-unsaturated/α-hetero) is 1. The van der Waals surface area contributed by atoms with Gasteiger partial charge in [0.1, 0.15) is 0 Å². The standard InChI is InChI=1S/C21H20ClN3O3S/c1-14(27)16-4-8-18(9-5-16)23-20(28)13-29-21-24-19(12-26)11-25(21)10-15-2-6-17(22)7-3-15/h2-9,11,26H,10,12-13H2,1H3,(H,23,28). The average molecular weight is 430 g/mol. The van der Waals surface area contributed by atoms with Crippen molar-refractivity contribution >= 4 is 40.7 Å². The molecule has 1 aromatic heterocycles. The number of hydrogen-bond donors (Lipinski definition) is 2. The second kappa shape index (κ2) is 9.73. The zero-order valence-electron chi connectivity index (χ0n) is 15.8. The highest BCUT2D eigenvalue weighted by atomic mass is 35.5. The summed E-state index contributed by atoms with van der Waals surface area (Å²) in [7, 11) is 0. The van der Waals surface area contributed by atoms with E-state index in [4.69, 9.17) is 11.6 Å². The fourth-order valence-corrected chi connectivity index (χ4v) is 3.58. The van der Waals surface area contributed by atoms with Crippen LogP contribution in [-0.4, -0.2) is 32.1 Å². The SMILES string of the molecule is CC(=O)c1ccc(NC(=O)CSc2nc(CO)cn2Cc2ccc(Cl)cc2)cc1. The second-order valence-electron chi connectivity index (χ2n) is 6.40. The van der Waals surface area contributed by atoms with Gasteiger partial charge in [0, 0.05) is 29.0 Å². The van der Waals surface area contributed by atoms with Gasteiger partial charge in [0.05, 0.1) is 18.1 Å². The molecule has 1 heterocycles. The van der Waals surface area contributed by atoms with Crippen molar-refractivity contribution < 1.29 is 14.7 Å². The predicted molar refractivity (Wildman–Crippen MR) is 115 cm³/mol. The Morgan fingerprint density at radius 2 is 1.83 bits per heavy atom. The third-order valence-corrected chi connectivity index (χ3v) is 5.37. The number of thioether (sulfide) groups is 1. The molecule has 8 heteroatoms. The molecular formula is C21H20ClN3O3S. The summed E-state index contributed by atoms with van der Waals surface area (Å²) < 4.78 is 1.90. The van der Waals surface area contributed by atoms with Crippen molar-refractivity contribution in [3.63, 3.8) is 0 Å². The number of ketones is 1. The molecule has 0 aliphatic rings. The number of carbonyl (C=O) groups excluding carboxylic acids is 2. The minimum absolute atomic E-state index is 0.0226. The normalized spacial score (nSPS) is 10.7. The van der Waals surface area contributed by atoms with Crippen LogP contribution in [0.1, 0.15) is 28.5 Å². The molecule has 0 bridgehead atoms. The van der Waals surface area contributed by atoms with Crippen molar-refractivity contribution in [3.8, 4) is 0 Å². The molecule has 3 rings (SSSR count). The molecule has 0 aliphatic carbocycles. The van der Waals surface area contributed by atoms with Crippen LogP contribution in [0.5, 0.6) is 0 Å². The molecule has 2 N–H and O–H groups in total. The highest BCUT2D eigenvalue weighted by Crippen LogP contribution is 2.21. The molecule has 0 unspecified atom stereocenters. The number of hydrogen-bond acceptors (Lipinski definition) is 5. The van der Waals surface area contributed by atoms with Gasteiger partial charge in [0.2, 0.25) is 5.91 Å². The zero-order chi connectivity index (χ0) is 20.8. The van der Waals surface area contributed by atoms with Gasteiger partial charge in [-0.25, -0.2) is 4.98 Å². The van der Waals surface area contributed by atoms with E-state index in [0.717, 1.165) is 5.56 Å². The van der Waals surface area contributed by atoms with Crippen LogP contribution in [0.3, 0.4) is 0 Å². The molecule has 1 amide bonds. The molecule has 2 aromatic carbocycles. The Morgan fingerprint density at radius 3 is 2.45 bits per heavy atom. The number of aromatic nitrogens is 2. The number of nitrogens with zero attached hydrogens (tertiary/aromatic N) is 2. The van der Waals surface area contributed by atoms with Gasteiger partial charge < -0.3 is 15.0 Å². The van der Waals surface area contributed by atoms with Crippen molar-refractivity contribution in [2.75, 3.05) is 11.1 Å². The van der Waals surface area contributed by atoms with E-state index in [9.17, 15) is 14.7 Å². The largest absolute Gasteiger partial charge is 0.390 e. The average Bonchev–Trinajstić information content (AvgIpc) is 3.10. The van der Waals surface area contributed by atoms with Crippen LogP contribution in [0.15, 0.2) is 59.9 Å². The molecule has 3 aromatic rings. The summed E-state index contributed by atoms with van der Waals surface area (Å²) in [6.07, 6.45) is 1.77. The minimum atomic E-state index is -0.183. The van der Waals surface area contributed by atoms with Gasteiger partial charge in [-0.15, -0.1) is 0 Å². The molecule has 0 saturated heterocycles. The molecule has 29 heavy (non-hydrogen) atoms. The predicted octanol–water partition coefficient (Wildman–Crippen LogP) is 4.01. The van der Waals surface area contributed by atoms with E-state index >= 15 is 0 Å². The number of halogens is 1. The van der Waals surface area contributed by atoms with Crippen LogP contribution < -0.4 is 5.32 Å². The zero-order valence-corrected chi connectivity index (χ0v) is 17.3. The summed E-state index contributed by atoms with van der Waals surface area (Å²) in [5, 5.41) is 13.5. The lowest BCUT2D eigenvalue weighted by Crippen LogP contribution is -2.14. The van der Waals surface area contributed by atoms with Crippen LogP contribution in [-0.2, 0) is 17.9 Å². The monoisotopic (exact) mass is 429 g/mol. The first kappa shape index (κ1) is 21.1. The van der Waals surface area contributed by atoms with Gasteiger partial charge in [0.15, 0.2) is 10.9 Å². The fraction of sp³-hybridized carbons (Fsp3) is 0.190. The van der Waals surface area contributed by atoms with E-state index in [1.165, 1.54) is 18.7 Å². The van der Waals surface area contributed by atoms with Gasteiger partial charge >= 0.3 is 0 Å². The number of benzene rings is 2. The first-order valence-corrected chi connectivity index (χ1v) is 10.3. The number of aliphatic hydroxyl groups is 1. The number of nitrogens with one attached hydrogen (secondary N) is 1. The van der Waals surface area contributed by atoms with E-state index in [1.807, 2.05) is 28.8 Å². The first-order chi connectivity index (χ1) is 13.9. The Bertz CT molecular complexity index is 1000. The summed E-state index contributed by atoms with van der Waals surface area (Å²) >= 11 is 7.22. The smallest absolute Gasteiger partial charge is 0.234 e. The number of rotatable bonds is 8. The fourth-order valence-electron chi connectivity index (χ4n) is 2.66. The van der Waals surface area contributed by atoms with Crippen LogP contribution >= 0.6 is 23.4 Å². The third-order valence-electron chi connectivity index (χ3n) is 4.13. The first-order valence-electron chi connectivity index (χ1n) is 8.89. The number of imidazole rings is 1. The summed E-state index contributed by atoms with van der Waals surface area (Å²) in [6, 6.07) is 14.2.